The Kier molecular flexibility index (Phi) is 7.15. The van der Waals surface area contributed by atoms with Crippen LogP contribution in [0.25, 0.3) is 0 Å². The average Bonchev–Trinajstić information content (AvgIpc) is 2.74. The molecule has 1 heterocycles. The second-order valence-corrected chi connectivity index (χ2v) is 9.65. The molecular formula is C23H30N2O4S. The molecule has 0 radical (unpaired) electrons. The lowest BCUT2D eigenvalue weighted by Crippen LogP contribution is -2.49. The molecule has 1 aliphatic heterocycles. The van der Waals surface area contributed by atoms with Gasteiger partial charge in [-0.3, -0.25) is 4.79 Å². The van der Waals surface area contributed by atoms with E-state index in [9.17, 15) is 13.2 Å². The maximum absolute atomic E-state index is 12.8. The van der Waals surface area contributed by atoms with Crippen molar-refractivity contribution in [1.82, 2.24) is 9.62 Å². The maximum Gasteiger partial charge on any atom is 0.241 e. The van der Waals surface area contributed by atoms with Crippen LogP contribution in [0.4, 0.5) is 0 Å². The Labute approximate surface area is 179 Å². The first-order valence-electron chi connectivity index (χ1n) is 10.3. The van der Waals surface area contributed by atoms with Gasteiger partial charge in [-0.05, 0) is 68.4 Å². The number of likely N-dealkylation sites (tertiary alicyclic amines) is 1. The van der Waals surface area contributed by atoms with Crippen LogP contribution in [0.5, 0.6) is 5.75 Å². The molecule has 0 unspecified atom stereocenters. The molecule has 1 N–H and O–H groups in total. The molecule has 2 aromatic rings. The quantitative estimate of drug-likeness (QED) is 0.732. The molecule has 1 aliphatic rings. The van der Waals surface area contributed by atoms with Crippen molar-refractivity contribution in [3.05, 3.63) is 59.7 Å². The smallest absolute Gasteiger partial charge is 0.241 e. The number of rotatable bonds is 7. The van der Waals surface area contributed by atoms with E-state index in [0.29, 0.717) is 24.8 Å². The summed E-state index contributed by atoms with van der Waals surface area (Å²) in [6.07, 6.45) is 2.87. The van der Waals surface area contributed by atoms with Crippen molar-refractivity contribution >= 4 is 15.9 Å². The van der Waals surface area contributed by atoms with Gasteiger partial charge in [0.15, 0.2) is 0 Å². The van der Waals surface area contributed by atoms with E-state index in [2.05, 4.69) is 16.9 Å². The zero-order valence-electron chi connectivity index (χ0n) is 17.8. The van der Waals surface area contributed by atoms with Crippen LogP contribution >= 0.6 is 0 Å². The number of amides is 1. The maximum atomic E-state index is 12.8. The summed E-state index contributed by atoms with van der Waals surface area (Å²) in [4.78, 5) is 14.7. The molecule has 0 aromatic heterocycles. The lowest BCUT2D eigenvalue weighted by molar-refractivity contribution is -0.133. The van der Waals surface area contributed by atoms with Gasteiger partial charge in [0.1, 0.15) is 5.75 Å². The summed E-state index contributed by atoms with van der Waals surface area (Å²) in [5.74, 6) is 0.990. The van der Waals surface area contributed by atoms with Crippen molar-refractivity contribution in [3.8, 4) is 5.75 Å². The molecular weight excluding hydrogens is 400 g/mol. The second-order valence-electron chi connectivity index (χ2n) is 7.93. The number of benzene rings is 2. The summed E-state index contributed by atoms with van der Waals surface area (Å²) in [7, 11) is -2.25. The number of piperidine rings is 1. The fourth-order valence-corrected chi connectivity index (χ4v) is 5.23. The number of hydrogen-bond acceptors (Lipinski definition) is 4. The van der Waals surface area contributed by atoms with E-state index in [1.54, 1.807) is 38.0 Å². The van der Waals surface area contributed by atoms with Crippen LogP contribution in [-0.2, 0) is 21.2 Å². The fraction of sp³-hybridized carbons (Fsp3) is 0.435. The summed E-state index contributed by atoms with van der Waals surface area (Å²) >= 11 is 0. The van der Waals surface area contributed by atoms with Crippen LogP contribution in [-0.4, -0.2) is 45.5 Å². The second kappa shape index (κ2) is 9.62. The van der Waals surface area contributed by atoms with Crippen molar-refractivity contribution in [3.63, 3.8) is 0 Å². The van der Waals surface area contributed by atoms with Crippen molar-refractivity contribution in [2.24, 2.45) is 5.92 Å². The van der Waals surface area contributed by atoms with Crippen molar-refractivity contribution in [2.45, 2.75) is 44.0 Å². The first kappa shape index (κ1) is 22.3. The van der Waals surface area contributed by atoms with Gasteiger partial charge in [-0.25, -0.2) is 8.42 Å². The van der Waals surface area contributed by atoms with Gasteiger partial charge in [0.25, 0.3) is 0 Å². The Balaban J connectivity index is 1.56. The minimum Gasteiger partial charge on any atom is -0.496 e. The number of ether oxygens (including phenoxy) is 1. The van der Waals surface area contributed by atoms with Crippen molar-refractivity contribution in [1.29, 1.82) is 0 Å². The van der Waals surface area contributed by atoms with Crippen molar-refractivity contribution in [2.75, 3.05) is 20.2 Å². The van der Waals surface area contributed by atoms with Gasteiger partial charge in [0.05, 0.1) is 18.0 Å². The monoisotopic (exact) mass is 430 g/mol. The lowest BCUT2D eigenvalue weighted by atomic mass is 9.90. The Hall–Kier alpha value is -2.38. The number of nitrogens with one attached hydrogen (secondary N) is 1. The first-order valence-corrected chi connectivity index (χ1v) is 11.8. The first-order chi connectivity index (χ1) is 14.3. The molecule has 30 heavy (non-hydrogen) atoms. The molecule has 0 saturated carbocycles. The summed E-state index contributed by atoms with van der Waals surface area (Å²) in [6, 6.07) is 14.2. The Morgan fingerprint density at radius 1 is 1.17 bits per heavy atom. The predicted octanol–water partition coefficient (Wildman–Crippen LogP) is 3.15. The van der Waals surface area contributed by atoms with Gasteiger partial charge in [-0.15, -0.1) is 0 Å². The number of carbonyl (C=O) groups is 1. The highest BCUT2D eigenvalue weighted by molar-refractivity contribution is 7.89. The Morgan fingerprint density at radius 3 is 2.43 bits per heavy atom. The number of nitrogens with zero attached hydrogens (tertiary/aromatic N) is 1. The van der Waals surface area contributed by atoms with E-state index < -0.39 is 16.1 Å². The van der Waals surface area contributed by atoms with Gasteiger partial charge >= 0.3 is 0 Å². The topological polar surface area (TPSA) is 75.7 Å². The van der Waals surface area contributed by atoms with Gasteiger partial charge in [0.2, 0.25) is 15.9 Å². The summed E-state index contributed by atoms with van der Waals surface area (Å²) in [5, 5.41) is 0. The van der Waals surface area contributed by atoms with Crippen LogP contribution in [0.1, 0.15) is 30.9 Å². The van der Waals surface area contributed by atoms with E-state index in [1.807, 2.05) is 18.2 Å². The zero-order valence-corrected chi connectivity index (χ0v) is 18.6. The summed E-state index contributed by atoms with van der Waals surface area (Å²) in [5.41, 5.74) is 2.04. The summed E-state index contributed by atoms with van der Waals surface area (Å²) in [6.45, 7) is 4.70. The Bertz CT molecular complexity index is 968. The van der Waals surface area contributed by atoms with Crippen LogP contribution in [0.2, 0.25) is 0 Å². The molecule has 6 nitrogen and oxygen atoms in total. The largest absolute Gasteiger partial charge is 0.496 e. The molecule has 3 rings (SSSR count). The van der Waals surface area contributed by atoms with Gasteiger partial charge in [-0.1, -0.05) is 30.3 Å². The van der Waals surface area contributed by atoms with Crippen LogP contribution in [0, 0.1) is 12.8 Å². The molecule has 1 atom stereocenters. The minimum absolute atomic E-state index is 0.127. The molecule has 1 fully saturated rings. The van der Waals surface area contributed by atoms with Crippen LogP contribution in [0.3, 0.4) is 0 Å². The van der Waals surface area contributed by atoms with Crippen LogP contribution < -0.4 is 9.46 Å². The predicted molar refractivity (Wildman–Crippen MR) is 117 cm³/mol. The number of carbonyl (C=O) groups excluding carboxylic acids is 1. The molecule has 1 saturated heterocycles. The van der Waals surface area contributed by atoms with Gasteiger partial charge in [0, 0.05) is 13.1 Å². The van der Waals surface area contributed by atoms with Crippen molar-refractivity contribution < 1.29 is 17.9 Å². The van der Waals surface area contributed by atoms with E-state index in [0.717, 1.165) is 24.8 Å². The highest BCUT2D eigenvalue weighted by Crippen LogP contribution is 2.23. The van der Waals surface area contributed by atoms with E-state index in [-0.39, 0.29) is 10.8 Å². The number of methoxy groups -OCH3 is 1. The SMILES string of the molecule is COc1ccc(S(=O)(=O)N[C@H](C)C(=O)N2CCC(Cc3ccccc3)CC2)cc1C. The molecule has 0 spiro atoms. The van der Waals surface area contributed by atoms with E-state index in [1.165, 1.54) is 11.6 Å². The molecule has 2 aromatic carbocycles. The molecule has 162 valence electrons. The van der Waals surface area contributed by atoms with Crippen LogP contribution in [0.15, 0.2) is 53.4 Å². The highest BCUT2D eigenvalue weighted by atomic mass is 32.2. The van der Waals surface area contributed by atoms with Gasteiger partial charge in [-0.2, -0.15) is 4.72 Å². The molecule has 7 heteroatoms. The minimum atomic E-state index is -3.80. The van der Waals surface area contributed by atoms with Gasteiger partial charge < -0.3 is 9.64 Å². The zero-order chi connectivity index (χ0) is 21.7. The van der Waals surface area contributed by atoms with E-state index >= 15 is 0 Å². The Morgan fingerprint density at radius 2 is 1.83 bits per heavy atom. The third kappa shape index (κ3) is 5.40. The standard InChI is InChI=1S/C23H30N2O4S/c1-17-15-21(9-10-22(17)29-3)30(27,28)24-18(2)23(26)25-13-11-20(12-14-25)16-19-7-5-4-6-8-19/h4-10,15,18,20,24H,11-14,16H2,1-3H3/t18-/m1/s1. The number of aryl methyl sites for hydroxylation is 1. The third-order valence-corrected chi connectivity index (χ3v) is 7.21. The lowest BCUT2D eigenvalue weighted by Gasteiger charge is -2.33. The third-order valence-electron chi connectivity index (χ3n) is 5.67. The molecule has 0 aliphatic carbocycles. The summed E-state index contributed by atoms with van der Waals surface area (Å²) < 4.78 is 33.1. The number of hydrogen-bond donors (Lipinski definition) is 1. The molecule has 1 amide bonds. The average molecular weight is 431 g/mol. The fourth-order valence-electron chi connectivity index (χ4n) is 3.95. The normalized spacial score (nSPS) is 16.3. The molecule has 0 bridgehead atoms. The van der Waals surface area contributed by atoms with E-state index in [4.69, 9.17) is 4.74 Å². The number of sulfonamides is 1. The highest BCUT2D eigenvalue weighted by Gasteiger charge is 2.29.